The Morgan fingerprint density at radius 3 is 2.90 bits per heavy atom. The van der Waals surface area contributed by atoms with Crippen LogP contribution in [0.1, 0.15) is 18.1 Å². The quantitative estimate of drug-likeness (QED) is 0.584. The molecule has 0 N–H and O–H groups in total. The molecule has 0 aliphatic carbocycles. The predicted octanol–water partition coefficient (Wildman–Crippen LogP) is 2.60. The van der Waals surface area contributed by atoms with Crippen LogP contribution in [-0.2, 0) is 6.42 Å². The van der Waals surface area contributed by atoms with E-state index in [1.807, 2.05) is 12.1 Å². The second kappa shape index (κ2) is 3.47. The number of benzene rings is 1. The third kappa shape index (κ3) is 1.64. The molecule has 0 aromatic heterocycles. The van der Waals surface area contributed by atoms with E-state index in [-0.39, 0.29) is 0 Å². The Bertz CT molecular complexity index is 228. The average molecular weight is 150 g/mol. The van der Waals surface area contributed by atoms with Crippen LogP contribution in [-0.4, -0.2) is 5.37 Å². The Labute approximate surface area is 66.9 Å². The van der Waals surface area contributed by atoms with Crippen LogP contribution in [0.25, 0.3) is 0 Å². The van der Waals surface area contributed by atoms with Crippen molar-refractivity contribution < 1.29 is 0 Å². The zero-order valence-corrected chi connectivity index (χ0v) is 6.82. The van der Waals surface area contributed by atoms with E-state index in [1.165, 1.54) is 5.56 Å². The highest BCUT2D eigenvalue weighted by Crippen LogP contribution is 2.03. The molecule has 52 valence electrons. The summed E-state index contributed by atoms with van der Waals surface area (Å²) in [6.07, 6.45) is 1.08. The van der Waals surface area contributed by atoms with E-state index in [9.17, 15) is 0 Å². The van der Waals surface area contributed by atoms with Gasteiger partial charge in [-0.05, 0) is 17.5 Å². The highest BCUT2D eigenvalue weighted by molar-refractivity contribution is 7.79. The molecule has 0 amide bonds. The highest BCUT2D eigenvalue weighted by Gasteiger charge is 1.88. The largest absolute Gasteiger partial charge is 0.0881 e. The monoisotopic (exact) mass is 150 g/mol. The lowest BCUT2D eigenvalue weighted by Crippen LogP contribution is -1.82. The maximum absolute atomic E-state index is 4.80. The van der Waals surface area contributed by atoms with Crippen LogP contribution < -0.4 is 0 Å². The van der Waals surface area contributed by atoms with Crippen molar-refractivity contribution in [2.24, 2.45) is 0 Å². The average Bonchev–Trinajstić information content (AvgIpc) is 2.05. The van der Waals surface area contributed by atoms with E-state index in [1.54, 1.807) is 5.37 Å². The summed E-state index contributed by atoms with van der Waals surface area (Å²) in [6, 6.07) is 8.29. The van der Waals surface area contributed by atoms with Gasteiger partial charge in [0.25, 0.3) is 0 Å². The molecule has 0 saturated carbocycles. The number of hydrogen-bond acceptors (Lipinski definition) is 1. The molecule has 1 rings (SSSR count). The SMILES string of the molecule is CCc1cccc(C=S)c1. The minimum Gasteiger partial charge on any atom is -0.0881 e. The summed E-state index contributed by atoms with van der Waals surface area (Å²) < 4.78 is 0. The number of thiocarbonyl (C=S) groups is 1. The molecule has 0 aliphatic heterocycles. The van der Waals surface area contributed by atoms with Crippen molar-refractivity contribution in [1.29, 1.82) is 0 Å². The first-order valence-corrected chi connectivity index (χ1v) is 3.88. The van der Waals surface area contributed by atoms with E-state index in [0.29, 0.717) is 0 Å². The van der Waals surface area contributed by atoms with E-state index in [4.69, 9.17) is 12.2 Å². The van der Waals surface area contributed by atoms with Crippen LogP contribution in [0.5, 0.6) is 0 Å². The molecule has 0 fully saturated rings. The van der Waals surface area contributed by atoms with Crippen LogP contribution in [0.3, 0.4) is 0 Å². The lowest BCUT2D eigenvalue weighted by Gasteiger charge is -1.95. The smallest absolute Gasteiger partial charge is 0.00862 e. The summed E-state index contributed by atoms with van der Waals surface area (Å²) in [5.74, 6) is 0. The number of hydrogen-bond donors (Lipinski definition) is 0. The minimum atomic E-state index is 1.08. The molecule has 1 heteroatoms. The molecule has 1 aromatic rings. The highest BCUT2D eigenvalue weighted by atomic mass is 32.1. The van der Waals surface area contributed by atoms with Gasteiger partial charge < -0.3 is 0 Å². The summed E-state index contributed by atoms with van der Waals surface area (Å²) in [5, 5.41) is 1.71. The standard InChI is InChI=1S/C9H10S/c1-2-8-4-3-5-9(6-8)7-10/h3-7H,2H2,1H3. The van der Waals surface area contributed by atoms with Crippen LogP contribution in [0.4, 0.5) is 0 Å². The van der Waals surface area contributed by atoms with E-state index in [0.717, 1.165) is 12.0 Å². The number of aryl methyl sites for hydroxylation is 1. The van der Waals surface area contributed by atoms with E-state index < -0.39 is 0 Å². The van der Waals surface area contributed by atoms with Crippen LogP contribution >= 0.6 is 12.2 Å². The molecule has 10 heavy (non-hydrogen) atoms. The van der Waals surface area contributed by atoms with Gasteiger partial charge in [-0.15, -0.1) is 0 Å². The second-order valence-corrected chi connectivity index (χ2v) is 2.45. The molecule has 0 atom stereocenters. The fourth-order valence-electron chi connectivity index (χ4n) is 0.886. The second-order valence-electron chi connectivity index (χ2n) is 2.22. The molecule has 0 spiro atoms. The third-order valence-corrected chi connectivity index (χ3v) is 1.77. The van der Waals surface area contributed by atoms with Gasteiger partial charge in [-0.3, -0.25) is 0 Å². The predicted molar refractivity (Wildman–Crippen MR) is 48.6 cm³/mol. The summed E-state index contributed by atoms with van der Waals surface area (Å²) >= 11 is 4.80. The summed E-state index contributed by atoms with van der Waals surface area (Å²) in [6.45, 7) is 2.14. The lowest BCUT2D eigenvalue weighted by atomic mass is 10.1. The zero-order chi connectivity index (χ0) is 7.40. The van der Waals surface area contributed by atoms with Gasteiger partial charge in [-0.25, -0.2) is 0 Å². The maximum atomic E-state index is 4.80. The first-order valence-electron chi connectivity index (χ1n) is 3.41. The van der Waals surface area contributed by atoms with Gasteiger partial charge in [0.05, 0.1) is 0 Å². The Morgan fingerprint density at radius 1 is 1.50 bits per heavy atom. The van der Waals surface area contributed by atoms with Crippen molar-refractivity contribution >= 4 is 17.6 Å². The summed E-state index contributed by atoms with van der Waals surface area (Å²) in [5.41, 5.74) is 2.48. The van der Waals surface area contributed by atoms with Crippen molar-refractivity contribution in [2.45, 2.75) is 13.3 Å². The molecule has 0 aliphatic rings. The number of rotatable bonds is 2. The fourth-order valence-corrected chi connectivity index (χ4v) is 1.03. The molecular formula is C9H10S. The van der Waals surface area contributed by atoms with Gasteiger partial charge in [0.15, 0.2) is 0 Å². The lowest BCUT2D eigenvalue weighted by molar-refractivity contribution is 1.14. The minimum absolute atomic E-state index is 1.08. The first-order chi connectivity index (χ1) is 4.86. The van der Waals surface area contributed by atoms with Crippen LogP contribution in [0, 0.1) is 0 Å². The first kappa shape index (κ1) is 7.42. The van der Waals surface area contributed by atoms with Crippen molar-refractivity contribution in [3.63, 3.8) is 0 Å². The third-order valence-electron chi connectivity index (χ3n) is 1.50. The summed E-state index contributed by atoms with van der Waals surface area (Å²) in [7, 11) is 0. The van der Waals surface area contributed by atoms with Gasteiger partial charge in [0.2, 0.25) is 0 Å². The fraction of sp³-hybridized carbons (Fsp3) is 0.222. The van der Waals surface area contributed by atoms with Crippen LogP contribution in [0.2, 0.25) is 0 Å². The zero-order valence-electron chi connectivity index (χ0n) is 6.00. The van der Waals surface area contributed by atoms with E-state index in [2.05, 4.69) is 19.1 Å². The molecular weight excluding hydrogens is 140 g/mol. The van der Waals surface area contributed by atoms with Gasteiger partial charge in [0.1, 0.15) is 0 Å². The van der Waals surface area contributed by atoms with Crippen molar-refractivity contribution in [3.05, 3.63) is 35.4 Å². The molecule has 0 saturated heterocycles. The summed E-state index contributed by atoms with van der Waals surface area (Å²) in [4.78, 5) is 0. The maximum Gasteiger partial charge on any atom is 0.00862 e. The molecule has 0 radical (unpaired) electrons. The van der Waals surface area contributed by atoms with Crippen LogP contribution in [0.15, 0.2) is 24.3 Å². The van der Waals surface area contributed by atoms with E-state index >= 15 is 0 Å². The van der Waals surface area contributed by atoms with Crippen molar-refractivity contribution in [2.75, 3.05) is 0 Å². The van der Waals surface area contributed by atoms with Gasteiger partial charge >= 0.3 is 0 Å². The topological polar surface area (TPSA) is 0 Å². The van der Waals surface area contributed by atoms with Crippen molar-refractivity contribution in [3.8, 4) is 0 Å². The Kier molecular flexibility index (Phi) is 2.57. The Balaban J connectivity index is 2.98. The molecule has 0 bridgehead atoms. The molecule has 0 heterocycles. The normalized spacial score (nSPS) is 9.30. The Hall–Kier alpha value is -0.690. The van der Waals surface area contributed by atoms with Gasteiger partial charge in [0, 0.05) is 5.37 Å². The Morgan fingerprint density at radius 2 is 2.30 bits per heavy atom. The molecule has 0 nitrogen and oxygen atoms in total. The van der Waals surface area contributed by atoms with Gasteiger partial charge in [-0.1, -0.05) is 43.4 Å². The van der Waals surface area contributed by atoms with Gasteiger partial charge in [-0.2, -0.15) is 0 Å². The van der Waals surface area contributed by atoms with Crippen molar-refractivity contribution in [1.82, 2.24) is 0 Å². The molecule has 0 unspecified atom stereocenters. The molecule has 1 aromatic carbocycles.